The predicted molar refractivity (Wildman–Crippen MR) is 205 cm³/mol. The van der Waals surface area contributed by atoms with E-state index in [9.17, 15) is 0 Å². The van der Waals surface area contributed by atoms with Crippen molar-refractivity contribution in [1.29, 1.82) is 0 Å². The van der Waals surface area contributed by atoms with Gasteiger partial charge in [-0.2, -0.15) is 0 Å². The van der Waals surface area contributed by atoms with E-state index in [1.54, 1.807) is 0 Å². The molecule has 0 saturated carbocycles. The van der Waals surface area contributed by atoms with Crippen molar-refractivity contribution in [3.05, 3.63) is 12.4 Å². The lowest BCUT2D eigenvalue weighted by molar-refractivity contribution is 0.135. The summed E-state index contributed by atoms with van der Waals surface area (Å²) < 4.78 is 0. The number of unbranched alkanes of at least 4 members (excludes halogenated alkanes) is 31. The molecule has 0 fully saturated rings. The van der Waals surface area contributed by atoms with E-state index in [0.29, 0.717) is 6.17 Å². The Morgan fingerprint density at radius 2 is 0.511 bits per heavy atom. The summed E-state index contributed by atoms with van der Waals surface area (Å²) in [6.45, 7) is 9.49. The fourth-order valence-electron chi connectivity index (χ4n) is 7.42. The maximum Gasteiger partial charge on any atom is 0.101 e. The highest BCUT2D eigenvalue weighted by atomic mass is 15.4. The molecular formula is C43H86N2. The summed E-state index contributed by atoms with van der Waals surface area (Å²) in [6, 6.07) is 0. The average Bonchev–Trinajstić information content (AvgIpc) is 3.43. The molecule has 0 saturated heterocycles. The van der Waals surface area contributed by atoms with Crippen LogP contribution in [0, 0.1) is 0 Å². The summed E-state index contributed by atoms with van der Waals surface area (Å²) in [5, 5.41) is 0. The van der Waals surface area contributed by atoms with Gasteiger partial charge in [-0.3, -0.25) is 0 Å². The number of hydrogen-bond acceptors (Lipinski definition) is 2. The monoisotopic (exact) mass is 631 g/mol. The van der Waals surface area contributed by atoms with E-state index in [1.165, 1.54) is 238 Å². The van der Waals surface area contributed by atoms with Gasteiger partial charge in [0.15, 0.2) is 0 Å². The molecule has 0 spiro atoms. The van der Waals surface area contributed by atoms with Gasteiger partial charge in [0.2, 0.25) is 0 Å². The van der Waals surface area contributed by atoms with E-state index >= 15 is 0 Å². The SMILES string of the molecule is CCCCCCCCCCCCCCCCCN1C=CN(CCCCCCCCCCCCCC)C1CCCCCCCCC. The van der Waals surface area contributed by atoms with Crippen molar-refractivity contribution in [2.24, 2.45) is 0 Å². The Kier molecular flexibility index (Phi) is 32.6. The first-order chi connectivity index (χ1) is 22.3. The smallest absolute Gasteiger partial charge is 0.101 e. The first-order valence-corrected chi connectivity index (χ1v) is 21.5. The molecular weight excluding hydrogens is 544 g/mol. The van der Waals surface area contributed by atoms with E-state index in [1.807, 2.05) is 0 Å². The second kappa shape index (κ2) is 34.7. The van der Waals surface area contributed by atoms with E-state index in [4.69, 9.17) is 0 Å². The summed E-state index contributed by atoms with van der Waals surface area (Å²) in [7, 11) is 0. The van der Waals surface area contributed by atoms with Crippen LogP contribution < -0.4 is 0 Å². The maximum atomic E-state index is 2.72. The average molecular weight is 631 g/mol. The molecule has 0 aromatic carbocycles. The third kappa shape index (κ3) is 27.0. The molecule has 1 rings (SSSR count). The van der Waals surface area contributed by atoms with E-state index in [-0.39, 0.29) is 0 Å². The van der Waals surface area contributed by atoms with Crippen LogP contribution in [0.25, 0.3) is 0 Å². The number of rotatable bonds is 37. The summed E-state index contributed by atoms with van der Waals surface area (Å²) in [6.07, 6.45) is 55.9. The van der Waals surface area contributed by atoms with Crippen LogP contribution in [0.4, 0.5) is 0 Å². The largest absolute Gasteiger partial charge is 0.356 e. The van der Waals surface area contributed by atoms with Crippen molar-refractivity contribution in [2.75, 3.05) is 13.1 Å². The maximum absolute atomic E-state index is 2.72. The van der Waals surface area contributed by atoms with E-state index < -0.39 is 0 Å². The van der Waals surface area contributed by atoms with Crippen LogP contribution in [0.1, 0.15) is 245 Å². The van der Waals surface area contributed by atoms with Crippen molar-refractivity contribution < 1.29 is 0 Å². The van der Waals surface area contributed by atoms with Gasteiger partial charge in [0, 0.05) is 25.5 Å². The van der Waals surface area contributed by atoms with Crippen LogP contribution in [0.3, 0.4) is 0 Å². The molecule has 1 aliphatic heterocycles. The van der Waals surface area contributed by atoms with Crippen LogP contribution >= 0.6 is 0 Å². The molecule has 1 aliphatic rings. The summed E-state index contributed by atoms with van der Waals surface area (Å²) in [5.41, 5.74) is 0. The van der Waals surface area contributed by atoms with E-state index in [2.05, 4.69) is 43.0 Å². The summed E-state index contributed by atoms with van der Waals surface area (Å²) in [5.74, 6) is 0. The van der Waals surface area contributed by atoms with Crippen molar-refractivity contribution in [1.82, 2.24) is 9.80 Å². The van der Waals surface area contributed by atoms with Crippen LogP contribution in [0.5, 0.6) is 0 Å². The van der Waals surface area contributed by atoms with Crippen LogP contribution in [0.15, 0.2) is 12.4 Å². The Labute approximate surface area is 286 Å². The quantitative estimate of drug-likeness (QED) is 0.0630. The highest BCUT2D eigenvalue weighted by molar-refractivity contribution is 4.97. The molecule has 0 amide bonds. The fraction of sp³-hybridized carbons (Fsp3) is 0.953. The minimum atomic E-state index is 0.639. The standard InChI is InChI=1S/C43H86N2/c1-4-7-10-13-16-18-20-22-23-24-26-28-31-34-37-40-45-42-41-44(43(45)38-35-32-29-15-12-9-6-3)39-36-33-30-27-25-21-19-17-14-11-8-5-2/h41-43H,4-40H2,1-3H3. The Bertz CT molecular complexity index is 586. The lowest BCUT2D eigenvalue weighted by Gasteiger charge is -2.33. The Morgan fingerprint density at radius 3 is 0.778 bits per heavy atom. The predicted octanol–water partition coefficient (Wildman–Crippen LogP) is 15.1. The Hall–Kier alpha value is -0.660. The molecule has 1 heterocycles. The first-order valence-electron chi connectivity index (χ1n) is 21.5. The second-order valence-electron chi connectivity index (χ2n) is 15.0. The number of nitrogens with zero attached hydrogens (tertiary/aromatic N) is 2. The number of hydrogen-bond donors (Lipinski definition) is 0. The highest BCUT2D eigenvalue weighted by Crippen LogP contribution is 2.24. The van der Waals surface area contributed by atoms with Crippen molar-refractivity contribution >= 4 is 0 Å². The molecule has 0 aromatic heterocycles. The molecule has 0 bridgehead atoms. The molecule has 0 aliphatic carbocycles. The van der Waals surface area contributed by atoms with Gasteiger partial charge in [0.05, 0.1) is 0 Å². The third-order valence-corrected chi connectivity index (χ3v) is 10.6. The van der Waals surface area contributed by atoms with Crippen LogP contribution in [0.2, 0.25) is 0 Å². The van der Waals surface area contributed by atoms with Gasteiger partial charge in [0.25, 0.3) is 0 Å². The Morgan fingerprint density at radius 1 is 0.289 bits per heavy atom. The molecule has 0 N–H and O–H groups in total. The summed E-state index contributed by atoms with van der Waals surface area (Å²) >= 11 is 0. The fourth-order valence-corrected chi connectivity index (χ4v) is 7.42. The molecule has 1 unspecified atom stereocenters. The third-order valence-electron chi connectivity index (χ3n) is 10.6. The highest BCUT2D eigenvalue weighted by Gasteiger charge is 2.24. The molecule has 45 heavy (non-hydrogen) atoms. The Balaban J connectivity index is 2.15. The van der Waals surface area contributed by atoms with Gasteiger partial charge in [-0.25, -0.2) is 0 Å². The zero-order valence-electron chi connectivity index (χ0n) is 31.8. The lowest BCUT2D eigenvalue weighted by atomic mass is 10.0. The summed E-state index contributed by atoms with van der Waals surface area (Å²) in [4.78, 5) is 5.44. The molecule has 0 radical (unpaired) electrons. The van der Waals surface area contributed by atoms with Gasteiger partial charge in [-0.15, -0.1) is 0 Å². The zero-order valence-corrected chi connectivity index (χ0v) is 31.8. The van der Waals surface area contributed by atoms with E-state index in [0.717, 1.165) is 0 Å². The normalized spacial score (nSPS) is 14.8. The van der Waals surface area contributed by atoms with Gasteiger partial charge in [0.1, 0.15) is 6.17 Å². The van der Waals surface area contributed by atoms with Crippen molar-refractivity contribution in [3.63, 3.8) is 0 Å². The second-order valence-corrected chi connectivity index (χ2v) is 15.0. The first kappa shape index (κ1) is 42.4. The molecule has 2 heteroatoms. The molecule has 2 nitrogen and oxygen atoms in total. The van der Waals surface area contributed by atoms with Crippen LogP contribution in [-0.4, -0.2) is 29.1 Å². The minimum absolute atomic E-state index is 0.639. The van der Waals surface area contributed by atoms with Crippen LogP contribution in [-0.2, 0) is 0 Å². The molecule has 268 valence electrons. The molecule has 1 atom stereocenters. The van der Waals surface area contributed by atoms with Crippen molar-refractivity contribution in [2.45, 2.75) is 252 Å². The minimum Gasteiger partial charge on any atom is -0.356 e. The zero-order chi connectivity index (χ0) is 32.3. The van der Waals surface area contributed by atoms with Gasteiger partial charge < -0.3 is 9.80 Å². The van der Waals surface area contributed by atoms with Crippen molar-refractivity contribution in [3.8, 4) is 0 Å². The topological polar surface area (TPSA) is 6.48 Å². The van der Waals surface area contributed by atoms with Gasteiger partial charge in [-0.05, 0) is 25.7 Å². The lowest BCUT2D eigenvalue weighted by Crippen LogP contribution is -2.39. The molecule has 0 aromatic rings. The van der Waals surface area contributed by atoms with Gasteiger partial charge >= 0.3 is 0 Å². The van der Waals surface area contributed by atoms with Gasteiger partial charge in [-0.1, -0.05) is 220 Å².